The Hall–Kier alpha value is -2.04. The average Bonchev–Trinajstić information content (AvgIpc) is 2.72. The Bertz CT molecular complexity index is 693. The van der Waals surface area contributed by atoms with Crippen molar-refractivity contribution >= 4 is 17.0 Å². The molecule has 3 rings (SSSR count). The van der Waals surface area contributed by atoms with E-state index in [1.807, 2.05) is 25.5 Å². The molecule has 5 heteroatoms. The maximum atomic E-state index is 11.9. The van der Waals surface area contributed by atoms with Crippen molar-refractivity contribution in [1.29, 1.82) is 0 Å². The molecule has 1 fully saturated rings. The predicted molar refractivity (Wildman–Crippen MR) is 85.8 cm³/mol. The number of aromatic nitrogens is 2. The molecule has 1 aromatic heterocycles. The standard InChI is InChI=1S/C17H23N3O2/c1-12-5-6-14-11-20(18-15(14)7-12)10-13-8-19(9-13)16(21)22-17(2,3)4/h5-7,11,13H,8-10H2,1-4H3. The second-order valence-electron chi connectivity index (χ2n) is 7.16. The fourth-order valence-electron chi connectivity index (χ4n) is 2.70. The zero-order valence-corrected chi connectivity index (χ0v) is 13.7. The van der Waals surface area contributed by atoms with E-state index in [2.05, 4.69) is 36.4 Å². The third-order valence-electron chi connectivity index (χ3n) is 3.76. The zero-order chi connectivity index (χ0) is 15.9. The minimum atomic E-state index is -0.431. The molecule has 0 unspecified atom stereocenters. The maximum Gasteiger partial charge on any atom is 0.410 e. The Balaban J connectivity index is 1.56. The van der Waals surface area contributed by atoms with Crippen LogP contribution in [0.15, 0.2) is 24.4 Å². The molecule has 2 heterocycles. The van der Waals surface area contributed by atoms with Gasteiger partial charge in [-0.05, 0) is 39.3 Å². The van der Waals surface area contributed by atoms with Crippen LogP contribution >= 0.6 is 0 Å². The second-order valence-corrected chi connectivity index (χ2v) is 7.16. The van der Waals surface area contributed by atoms with Gasteiger partial charge in [-0.25, -0.2) is 4.79 Å². The van der Waals surface area contributed by atoms with E-state index >= 15 is 0 Å². The molecule has 2 aromatic rings. The van der Waals surface area contributed by atoms with Crippen LogP contribution in [-0.2, 0) is 11.3 Å². The van der Waals surface area contributed by atoms with Crippen molar-refractivity contribution in [1.82, 2.24) is 14.7 Å². The number of carbonyl (C=O) groups is 1. The Labute approximate surface area is 130 Å². The van der Waals surface area contributed by atoms with Crippen molar-refractivity contribution in [2.24, 2.45) is 5.92 Å². The van der Waals surface area contributed by atoms with Gasteiger partial charge in [-0.3, -0.25) is 4.68 Å². The molecule has 0 spiro atoms. The zero-order valence-electron chi connectivity index (χ0n) is 13.7. The Morgan fingerprint density at radius 1 is 1.36 bits per heavy atom. The van der Waals surface area contributed by atoms with Crippen molar-refractivity contribution in [3.8, 4) is 0 Å². The van der Waals surface area contributed by atoms with Crippen molar-refractivity contribution < 1.29 is 9.53 Å². The fraction of sp³-hybridized carbons (Fsp3) is 0.529. The number of carbonyl (C=O) groups excluding carboxylic acids is 1. The SMILES string of the molecule is Cc1ccc2cn(CC3CN(C(=O)OC(C)(C)C)C3)nc2c1. The molecule has 118 valence electrons. The maximum absolute atomic E-state index is 11.9. The van der Waals surface area contributed by atoms with E-state index in [0.29, 0.717) is 5.92 Å². The van der Waals surface area contributed by atoms with Gasteiger partial charge in [0.1, 0.15) is 5.60 Å². The van der Waals surface area contributed by atoms with Crippen molar-refractivity contribution in [2.75, 3.05) is 13.1 Å². The van der Waals surface area contributed by atoms with Gasteiger partial charge in [-0.2, -0.15) is 5.10 Å². The van der Waals surface area contributed by atoms with Gasteiger partial charge in [0.25, 0.3) is 0 Å². The monoisotopic (exact) mass is 301 g/mol. The predicted octanol–water partition coefficient (Wildman–Crippen LogP) is 3.21. The van der Waals surface area contributed by atoms with Gasteiger partial charge in [-0.1, -0.05) is 12.1 Å². The number of amides is 1. The van der Waals surface area contributed by atoms with Gasteiger partial charge in [0.05, 0.1) is 5.52 Å². The van der Waals surface area contributed by atoms with E-state index < -0.39 is 5.60 Å². The summed E-state index contributed by atoms with van der Waals surface area (Å²) in [5.74, 6) is 0.447. The molecule has 1 aliphatic rings. The van der Waals surface area contributed by atoms with E-state index in [9.17, 15) is 4.79 Å². The molecule has 22 heavy (non-hydrogen) atoms. The average molecular weight is 301 g/mol. The van der Waals surface area contributed by atoms with Crippen LogP contribution in [-0.4, -0.2) is 39.5 Å². The van der Waals surface area contributed by atoms with Crippen LogP contribution in [0.5, 0.6) is 0 Å². The number of ether oxygens (including phenoxy) is 1. The van der Waals surface area contributed by atoms with E-state index in [0.717, 1.165) is 30.5 Å². The van der Waals surface area contributed by atoms with Gasteiger partial charge in [-0.15, -0.1) is 0 Å². The smallest absolute Gasteiger partial charge is 0.410 e. The molecule has 0 radical (unpaired) electrons. The lowest BCUT2D eigenvalue weighted by molar-refractivity contribution is -0.00381. The summed E-state index contributed by atoms with van der Waals surface area (Å²) in [7, 11) is 0. The van der Waals surface area contributed by atoms with Crippen molar-refractivity contribution in [3.05, 3.63) is 30.0 Å². The third-order valence-corrected chi connectivity index (χ3v) is 3.76. The molecule has 1 amide bonds. The van der Waals surface area contributed by atoms with E-state index in [4.69, 9.17) is 4.74 Å². The van der Waals surface area contributed by atoms with Gasteiger partial charge in [0.15, 0.2) is 0 Å². The first-order valence-corrected chi connectivity index (χ1v) is 7.72. The molecule has 0 atom stereocenters. The summed E-state index contributed by atoms with van der Waals surface area (Å²) in [6, 6.07) is 6.30. The van der Waals surface area contributed by atoms with Crippen molar-refractivity contribution in [2.45, 2.75) is 39.8 Å². The molecule has 0 aliphatic carbocycles. The lowest BCUT2D eigenvalue weighted by Crippen LogP contribution is -2.52. The minimum absolute atomic E-state index is 0.218. The molecular formula is C17H23N3O2. The molecule has 1 aliphatic heterocycles. The molecular weight excluding hydrogens is 278 g/mol. The Kier molecular flexibility index (Phi) is 3.59. The first-order valence-electron chi connectivity index (χ1n) is 7.72. The summed E-state index contributed by atoms with van der Waals surface area (Å²) in [4.78, 5) is 13.7. The quantitative estimate of drug-likeness (QED) is 0.855. The second kappa shape index (κ2) is 5.30. The summed E-state index contributed by atoms with van der Waals surface area (Å²) >= 11 is 0. The number of benzene rings is 1. The van der Waals surface area contributed by atoms with E-state index in [-0.39, 0.29) is 6.09 Å². The topological polar surface area (TPSA) is 47.4 Å². The van der Waals surface area contributed by atoms with Gasteiger partial charge >= 0.3 is 6.09 Å². The summed E-state index contributed by atoms with van der Waals surface area (Å²) < 4.78 is 7.35. The molecule has 0 N–H and O–H groups in total. The largest absolute Gasteiger partial charge is 0.444 e. The van der Waals surface area contributed by atoms with Crippen LogP contribution in [0.3, 0.4) is 0 Å². The summed E-state index contributed by atoms with van der Waals surface area (Å²) in [6.45, 7) is 10.1. The summed E-state index contributed by atoms with van der Waals surface area (Å²) in [6.07, 6.45) is 1.86. The lowest BCUT2D eigenvalue weighted by atomic mass is 10.0. The number of nitrogens with zero attached hydrogens (tertiary/aromatic N) is 3. The molecule has 5 nitrogen and oxygen atoms in total. The number of hydrogen-bond donors (Lipinski definition) is 0. The highest BCUT2D eigenvalue weighted by Crippen LogP contribution is 2.22. The Morgan fingerprint density at radius 2 is 2.09 bits per heavy atom. The molecule has 1 aromatic carbocycles. The van der Waals surface area contributed by atoms with E-state index in [1.54, 1.807) is 4.90 Å². The molecule has 0 bridgehead atoms. The third kappa shape index (κ3) is 3.24. The van der Waals surface area contributed by atoms with Gasteiger partial charge in [0, 0.05) is 37.1 Å². The van der Waals surface area contributed by atoms with E-state index in [1.165, 1.54) is 5.56 Å². The number of rotatable bonds is 2. The van der Waals surface area contributed by atoms with Crippen LogP contribution in [0.1, 0.15) is 26.3 Å². The fourth-order valence-corrected chi connectivity index (χ4v) is 2.70. The first kappa shape index (κ1) is 14.9. The lowest BCUT2D eigenvalue weighted by Gasteiger charge is -2.39. The van der Waals surface area contributed by atoms with Crippen LogP contribution in [0, 0.1) is 12.8 Å². The normalized spacial score (nSPS) is 15.9. The van der Waals surface area contributed by atoms with Crippen molar-refractivity contribution in [3.63, 3.8) is 0 Å². The Morgan fingerprint density at radius 3 is 2.77 bits per heavy atom. The minimum Gasteiger partial charge on any atom is -0.444 e. The van der Waals surface area contributed by atoms with Gasteiger partial charge < -0.3 is 9.64 Å². The van der Waals surface area contributed by atoms with Gasteiger partial charge in [0.2, 0.25) is 0 Å². The summed E-state index contributed by atoms with van der Waals surface area (Å²) in [5.41, 5.74) is 1.82. The number of aryl methyl sites for hydroxylation is 1. The molecule has 0 saturated carbocycles. The summed E-state index contributed by atoms with van der Waals surface area (Å²) in [5, 5.41) is 5.77. The number of fused-ring (bicyclic) bond motifs is 1. The highest BCUT2D eigenvalue weighted by molar-refractivity contribution is 5.78. The highest BCUT2D eigenvalue weighted by atomic mass is 16.6. The number of hydrogen-bond acceptors (Lipinski definition) is 3. The van der Waals surface area contributed by atoms with Crippen LogP contribution in [0.25, 0.3) is 10.9 Å². The first-order chi connectivity index (χ1) is 10.3. The van der Waals surface area contributed by atoms with Crippen LogP contribution in [0.2, 0.25) is 0 Å². The van der Waals surface area contributed by atoms with Crippen LogP contribution < -0.4 is 0 Å². The number of likely N-dealkylation sites (tertiary alicyclic amines) is 1. The van der Waals surface area contributed by atoms with Crippen LogP contribution in [0.4, 0.5) is 4.79 Å². The highest BCUT2D eigenvalue weighted by Gasteiger charge is 2.33. The molecule has 1 saturated heterocycles.